The molecule has 31 heavy (non-hydrogen) atoms. The monoisotopic (exact) mass is 428 g/mol. The predicted molar refractivity (Wildman–Crippen MR) is 114 cm³/mol. The van der Waals surface area contributed by atoms with Crippen LogP contribution in [-0.4, -0.2) is 25.4 Å². The molecule has 150 valence electrons. The molecule has 3 heterocycles. The number of carbonyl (C=O) groups excluding carboxylic acids is 1. The van der Waals surface area contributed by atoms with Gasteiger partial charge in [-0.1, -0.05) is 30.3 Å². The van der Waals surface area contributed by atoms with Crippen LogP contribution in [0.1, 0.15) is 26.5 Å². The molecule has 0 aliphatic carbocycles. The van der Waals surface area contributed by atoms with Gasteiger partial charge in [-0.2, -0.15) is 5.26 Å². The van der Waals surface area contributed by atoms with E-state index in [2.05, 4.69) is 15.0 Å². The zero-order valence-corrected chi connectivity index (χ0v) is 16.7. The summed E-state index contributed by atoms with van der Waals surface area (Å²) in [6, 6.07) is 14.8. The van der Waals surface area contributed by atoms with E-state index in [1.165, 1.54) is 10.9 Å². The number of nitrogens with zero attached hydrogens (tertiary/aromatic N) is 5. The molecule has 0 bridgehead atoms. The van der Waals surface area contributed by atoms with Gasteiger partial charge in [0.15, 0.2) is 16.5 Å². The fourth-order valence-corrected chi connectivity index (χ4v) is 4.58. The number of pyridine rings is 1. The molecule has 0 saturated heterocycles. The second-order valence-electron chi connectivity index (χ2n) is 6.81. The van der Waals surface area contributed by atoms with Gasteiger partial charge in [0.05, 0.1) is 21.5 Å². The summed E-state index contributed by atoms with van der Waals surface area (Å²) in [5.74, 6) is -1.47. The number of nitriles is 1. The minimum Gasteiger partial charge on any atom is -0.365 e. The Bertz CT molecular complexity index is 1520. The van der Waals surface area contributed by atoms with Crippen molar-refractivity contribution in [2.45, 2.75) is 6.42 Å². The second-order valence-corrected chi connectivity index (χ2v) is 7.81. The number of aromatic nitrogens is 4. The molecule has 0 atom stereocenters. The summed E-state index contributed by atoms with van der Waals surface area (Å²) < 4.78 is 17.9. The highest BCUT2D eigenvalue weighted by atomic mass is 32.1. The van der Waals surface area contributed by atoms with E-state index in [-0.39, 0.29) is 33.8 Å². The Kier molecular flexibility index (Phi) is 4.42. The highest BCUT2D eigenvalue weighted by molar-refractivity contribution is 7.19. The number of amides is 1. The van der Waals surface area contributed by atoms with Crippen molar-refractivity contribution in [3.8, 4) is 11.8 Å². The van der Waals surface area contributed by atoms with Crippen LogP contribution in [0.2, 0.25) is 0 Å². The number of hydrogen-bond acceptors (Lipinski definition) is 6. The van der Waals surface area contributed by atoms with Crippen LogP contribution in [0.25, 0.3) is 27.1 Å². The molecule has 5 aromatic rings. The third-order valence-electron chi connectivity index (χ3n) is 4.96. The average Bonchev–Trinajstić information content (AvgIpc) is 3.40. The number of benzene rings is 2. The standard InChI is InChI=1S/C22H13FN6OS/c23-17-13(9-12-5-2-1-3-6-12)18-20(31-15(10-24)28-18)16(21(25)30)19(17)29-11-27-14-7-4-8-26-22(14)29/h1-8,11H,9H2,(H2,25,30). The van der Waals surface area contributed by atoms with Crippen molar-refractivity contribution in [3.63, 3.8) is 0 Å². The molecule has 0 spiro atoms. The number of fused-ring (bicyclic) bond motifs is 2. The lowest BCUT2D eigenvalue weighted by atomic mass is 9.99. The Hall–Kier alpha value is -4.16. The van der Waals surface area contributed by atoms with E-state index in [0.29, 0.717) is 15.9 Å². The molecule has 5 rings (SSSR count). The van der Waals surface area contributed by atoms with Gasteiger partial charge in [0.2, 0.25) is 0 Å². The largest absolute Gasteiger partial charge is 0.365 e. The van der Waals surface area contributed by atoms with Crippen LogP contribution in [0.4, 0.5) is 4.39 Å². The third-order valence-corrected chi connectivity index (χ3v) is 5.94. The van der Waals surface area contributed by atoms with Crippen molar-refractivity contribution < 1.29 is 9.18 Å². The zero-order valence-electron chi connectivity index (χ0n) is 15.9. The fraction of sp³-hybridized carbons (Fsp3) is 0.0455. The van der Waals surface area contributed by atoms with Gasteiger partial charge in [-0.05, 0) is 17.7 Å². The molecule has 0 aliphatic heterocycles. The van der Waals surface area contributed by atoms with Crippen LogP contribution < -0.4 is 5.73 Å². The Morgan fingerprint density at radius 3 is 2.74 bits per heavy atom. The minimum atomic E-state index is -0.823. The second kappa shape index (κ2) is 7.27. The van der Waals surface area contributed by atoms with Crippen LogP contribution in [0.3, 0.4) is 0 Å². The van der Waals surface area contributed by atoms with E-state index in [1.807, 2.05) is 36.4 Å². The molecule has 0 aliphatic rings. The van der Waals surface area contributed by atoms with Crippen molar-refractivity contribution in [1.82, 2.24) is 19.5 Å². The molecule has 2 N–H and O–H groups in total. The number of thiazole rings is 1. The van der Waals surface area contributed by atoms with Gasteiger partial charge in [0.1, 0.15) is 17.9 Å². The van der Waals surface area contributed by atoms with Crippen molar-refractivity contribution in [2.24, 2.45) is 5.73 Å². The van der Waals surface area contributed by atoms with E-state index in [9.17, 15) is 10.1 Å². The zero-order chi connectivity index (χ0) is 21.5. The molecular weight excluding hydrogens is 415 g/mol. The topological polar surface area (TPSA) is 110 Å². The average molecular weight is 428 g/mol. The summed E-state index contributed by atoms with van der Waals surface area (Å²) in [5, 5.41) is 9.50. The third kappa shape index (κ3) is 3.01. The summed E-state index contributed by atoms with van der Waals surface area (Å²) in [5.41, 5.74) is 7.93. The Morgan fingerprint density at radius 1 is 1.19 bits per heavy atom. The maximum absolute atomic E-state index is 16.1. The molecule has 0 fully saturated rings. The molecule has 0 unspecified atom stereocenters. The number of primary amides is 1. The van der Waals surface area contributed by atoms with Crippen LogP contribution >= 0.6 is 11.3 Å². The summed E-state index contributed by atoms with van der Waals surface area (Å²) in [6.07, 6.45) is 3.20. The van der Waals surface area contributed by atoms with Crippen molar-refractivity contribution >= 4 is 38.6 Å². The van der Waals surface area contributed by atoms with Crippen LogP contribution in [-0.2, 0) is 6.42 Å². The normalized spacial score (nSPS) is 11.1. The summed E-state index contributed by atoms with van der Waals surface area (Å²) in [6.45, 7) is 0. The van der Waals surface area contributed by atoms with Crippen molar-refractivity contribution in [2.75, 3.05) is 0 Å². The molecule has 1 amide bonds. The van der Waals surface area contributed by atoms with E-state index >= 15 is 4.39 Å². The van der Waals surface area contributed by atoms with Gasteiger partial charge >= 0.3 is 0 Å². The molecule has 9 heteroatoms. The minimum absolute atomic E-state index is 0.0414. The quantitative estimate of drug-likeness (QED) is 0.469. The van der Waals surface area contributed by atoms with Gasteiger partial charge in [0.25, 0.3) is 5.91 Å². The molecule has 0 saturated carbocycles. The molecule has 2 aromatic carbocycles. The summed E-state index contributed by atoms with van der Waals surface area (Å²) in [4.78, 5) is 25.3. The lowest BCUT2D eigenvalue weighted by Crippen LogP contribution is -2.17. The maximum Gasteiger partial charge on any atom is 0.252 e. The molecule has 7 nitrogen and oxygen atoms in total. The van der Waals surface area contributed by atoms with E-state index in [4.69, 9.17) is 5.73 Å². The van der Waals surface area contributed by atoms with E-state index in [0.717, 1.165) is 16.9 Å². The number of carbonyl (C=O) groups is 1. The number of halogens is 1. The molecular formula is C22H13FN6OS. The van der Waals surface area contributed by atoms with Crippen LogP contribution in [0.5, 0.6) is 0 Å². The van der Waals surface area contributed by atoms with Crippen molar-refractivity contribution in [1.29, 1.82) is 5.26 Å². The van der Waals surface area contributed by atoms with Crippen LogP contribution in [0.15, 0.2) is 55.0 Å². The Balaban J connectivity index is 1.90. The Morgan fingerprint density at radius 2 is 2.00 bits per heavy atom. The van der Waals surface area contributed by atoms with Crippen molar-refractivity contribution in [3.05, 3.63) is 82.5 Å². The number of hydrogen-bond donors (Lipinski definition) is 1. The lowest BCUT2D eigenvalue weighted by molar-refractivity contribution is 0.100. The molecule has 0 radical (unpaired) electrons. The van der Waals surface area contributed by atoms with E-state index in [1.54, 1.807) is 18.3 Å². The number of rotatable bonds is 4. The fourth-order valence-electron chi connectivity index (χ4n) is 3.64. The number of imidazole rings is 1. The van der Waals surface area contributed by atoms with Gasteiger partial charge in [0, 0.05) is 18.2 Å². The SMILES string of the molecule is N#Cc1nc2c(Cc3ccccc3)c(F)c(-n3cnc4cccnc43)c(C(N)=O)c2s1. The maximum atomic E-state index is 16.1. The number of nitrogens with two attached hydrogens (primary N) is 1. The van der Waals surface area contributed by atoms with Gasteiger partial charge < -0.3 is 5.73 Å². The lowest BCUT2D eigenvalue weighted by Gasteiger charge is -2.15. The molecule has 3 aromatic heterocycles. The van der Waals surface area contributed by atoms with Gasteiger partial charge in [-0.25, -0.2) is 19.3 Å². The van der Waals surface area contributed by atoms with E-state index < -0.39 is 11.7 Å². The summed E-state index contributed by atoms with van der Waals surface area (Å²) in [7, 11) is 0. The van der Waals surface area contributed by atoms with Gasteiger partial charge in [-0.3, -0.25) is 9.36 Å². The first-order valence-corrected chi connectivity index (χ1v) is 10.1. The van der Waals surface area contributed by atoms with Crippen LogP contribution in [0, 0.1) is 17.1 Å². The Labute approximate surface area is 179 Å². The first-order valence-electron chi connectivity index (χ1n) is 9.25. The van der Waals surface area contributed by atoms with Gasteiger partial charge in [-0.15, -0.1) is 11.3 Å². The highest BCUT2D eigenvalue weighted by Gasteiger charge is 2.28. The smallest absolute Gasteiger partial charge is 0.252 e. The first-order chi connectivity index (χ1) is 15.1. The highest BCUT2D eigenvalue weighted by Crippen LogP contribution is 2.37. The first kappa shape index (κ1) is 18.8. The summed E-state index contributed by atoms with van der Waals surface area (Å²) >= 11 is 1.01. The predicted octanol–water partition coefficient (Wildman–Crippen LogP) is 3.73.